The SMILES string of the molecule is O=C(O)C=CC=C(O)C(=O)OCC(=O)O. The number of rotatable bonds is 5. The lowest BCUT2D eigenvalue weighted by molar-refractivity contribution is -0.154. The van der Waals surface area contributed by atoms with Crippen molar-refractivity contribution in [3.8, 4) is 0 Å². The van der Waals surface area contributed by atoms with Crippen LogP contribution in [0, 0.1) is 0 Å². The van der Waals surface area contributed by atoms with Gasteiger partial charge >= 0.3 is 17.9 Å². The maximum atomic E-state index is 10.7. The Labute approximate surface area is 83.9 Å². The number of carbonyl (C=O) groups excluding carboxylic acids is 1. The van der Waals surface area contributed by atoms with Crippen LogP contribution in [0.3, 0.4) is 0 Å². The molecule has 0 spiro atoms. The summed E-state index contributed by atoms with van der Waals surface area (Å²) in [5, 5.41) is 25.2. The van der Waals surface area contributed by atoms with E-state index in [1.807, 2.05) is 0 Å². The quantitative estimate of drug-likeness (QED) is 0.249. The molecule has 0 aromatic rings. The molecule has 0 saturated carbocycles. The molecule has 0 unspecified atom stereocenters. The third kappa shape index (κ3) is 6.82. The molecule has 3 N–H and O–H groups in total. The number of aliphatic carboxylic acids is 2. The molecule has 0 amide bonds. The average Bonchev–Trinajstić information content (AvgIpc) is 2.13. The summed E-state index contributed by atoms with van der Waals surface area (Å²) in [5.41, 5.74) is 0. The second kappa shape index (κ2) is 6.19. The Hall–Kier alpha value is -2.31. The van der Waals surface area contributed by atoms with Crippen molar-refractivity contribution in [2.24, 2.45) is 0 Å². The molecule has 0 heterocycles. The molecule has 82 valence electrons. The number of esters is 1. The highest BCUT2D eigenvalue weighted by Gasteiger charge is 2.09. The fraction of sp³-hybridized carbons (Fsp3) is 0.125. The van der Waals surface area contributed by atoms with E-state index >= 15 is 0 Å². The van der Waals surface area contributed by atoms with Crippen LogP contribution in [-0.2, 0) is 19.1 Å². The summed E-state index contributed by atoms with van der Waals surface area (Å²) in [5.74, 6) is -4.74. The maximum absolute atomic E-state index is 10.7. The minimum atomic E-state index is -1.36. The van der Waals surface area contributed by atoms with Gasteiger partial charge in [0, 0.05) is 6.08 Å². The number of aliphatic hydroxyl groups excluding tert-OH is 1. The van der Waals surface area contributed by atoms with Gasteiger partial charge in [0.1, 0.15) is 0 Å². The molecule has 0 aromatic heterocycles. The van der Waals surface area contributed by atoms with Gasteiger partial charge in [0.2, 0.25) is 5.76 Å². The largest absolute Gasteiger partial charge is 0.502 e. The predicted octanol–water partition coefficient (Wildman–Crippen LogP) is -0.303. The van der Waals surface area contributed by atoms with E-state index in [1.165, 1.54) is 0 Å². The van der Waals surface area contributed by atoms with E-state index in [9.17, 15) is 14.4 Å². The van der Waals surface area contributed by atoms with Crippen LogP contribution in [0.1, 0.15) is 0 Å². The van der Waals surface area contributed by atoms with E-state index in [2.05, 4.69) is 4.74 Å². The number of aliphatic hydroxyl groups is 1. The zero-order chi connectivity index (χ0) is 11.8. The Bertz CT molecular complexity index is 326. The van der Waals surface area contributed by atoms with Gasteiger partial charge in [0.15, 0.2) is 6.61 Å². The van der Waals surface area contributed by atoms with E-state index < -0.39 is 30.3 Å². The Kier molecular flexibility index (Phi) is 5.24. The van der Waals surface area contributed by atoms with Crippen molar-refractivity contribution in [2.75, 3.05) is 6.61 Å². The van der Waals surface area contributed by atoms with Crippen LogP contribution in [0.15, 0.2) is 24.0 Å². The highest BCUT2D eigenvalue weighted by atomic mass is 16.6. The average molecular weight is 216 g/mol. The third-order valence-electron chi connectivity index (χ3n) is 1.03. The normalized spacial score (nSPS) is 11.3. The van der Waals surface area contributed by atoms with Crippen molar-refractivity contribution in [2.45, 2.75) is 0 Å². The molecule has 0 aliphatic heterocycles. The van der Waals surface area contributed by atoms with Gasteiger partial charge in [0.05, 0.1) is 0 Å². The summed E-state index contributed by atoms with van der Waals surface area (Å²) in [4.78, 5) is 30.7. The zero-order valence-electron chi connectivity index (χ0n) is 7.41. The van der Waals surface area contributed by atoms with Gasteiger partial charge < -0.3 is 20.1 Å². The van der Waals surface area contributed by atoms with E-state index in [-0.39, 0.29) is 0 Å². The second-order valence-corrected chi connectivity index (χ2v) is 2.22. The fourth-order valence-electron chi connectivity index (χ4n) is 0.491. The van der Waals surface area contributed by atoms with Gasteiger partial charge in [-0.2, -0.15) is 0 Å². The molecule has 0 aliphatic carbocycles. The molecule has 0 atom stereocenters. The number of hydrogen-bond donors (Lipinski definition) is 3. The Morgan fingerprint density at radius 3 is 2.20 bits per heavy atom. The highest BCUT2D eigenvalue weighted by Crippen LogP contribution is 1.93. The lowest BCUT2D eigenvalue weighted by atomic mass is 10.4. The van der Waals surface area contributed by atoms with Gasteiger partial charge in [-0.25, -0.2) is 14.4 Å². The minimum absolute atomic E-state index is 0.681. The molecule has 7 heteroatoms. The molecular formula is C8H8O7. The first-order valence-corrected chi connectivity index (χ1v) is 3.62. The predicted molar refractivity (Wildman–Crippen MR) is 46.1 cm³/mol. The molecule has 0 aromatic carbocycles. The summed E-state index contributed by atoms with van der Waals surface area (Å²) < 4.78 is 4.08. The molecule has 7 nitrogen and oxygen atoms in total. The van der Waals surface area contributed by atoms with Crippen LogP contribution in [0.25, 0.3) is 0 Å². The van der Waals surface area contributed by atoms with Crippen molar-refractivity contribution < 1.29 is 34.4 Å². The lowest BCUT2D eigenvalue weighted by Crippen LogP contribution is -2.14. The van der Waals surface area contributed by atoms with Crippen LogP contribution < -0.4 is 0 Å². The molecule has 15 heavy (non-hydrogen) atoms. The first-order valence-electron chi connectivity index (χ1n) is 3.62. The van der Waals surface area contributed by atoms with Gasteiger partial charge in [0.25, 0.3) is 0 Å². The number of carboxylic acids is 2. The van der Waals surface area contributed by atoms with Gasteiger partial charge in [-0.15, -0.1) is 0 Å². The van der Waals surface area contributed by atoms with Gasteiger partial charge in [-0.3, -0.25) is 0 Å². The van der Waals surface area contributed by atoms with Crippen molar-refractivity contribution in [1.82, 2.24) is 0 Å². The number of ether oxygens (including phenoxy) is 1. The number of hydrogen-bond acceptors (Lipinski definition) is 5. The first kappa shape index (κ1) is 12.7. The smallest absolute Gasteiger partial charge is 0.373 e. The zero-order valence-corrected chi connectivity index (χ0v) is 7.41. The van der Waals surface area contributed by atoms with E-state index in [4.69, 9.17) is 15.3 Å². The molecule has 0 aliphatic rings. The summed E-state index contributed by atoms with van der Waals surface area (Å²) in [6.07, 6.45) is 2.36. The molecular weight excluding hydrogens is 208 g/mol. The van der Waals surface area contributed by atoms with Crippen molar-refractivity contribution >= 4 is 17.9 Å². The van der Waals surface area contributed by atoms with Crippen LogP contribution in [0.5, 0.6) is 0 Å². The molecule has 0 radical (unpaired) electrons. The number of allylic oxidation sites excluding steroid dienone is 2. The molecule has 0 bridgehead atoms. The maximum Gasteiger partial charge on any atom is 0.373 e. The van der Waals surface area contributed by atoms with Crippen molar-refractivity contribution in [1.29, 1.82) is 0 Å². The van der Waals surface area contributed by atoms with E-state index in [0.717, 1.165) is 12.2 Å². The van der Waals surface area contributed by atoms with Crippen molar-refractivity contribution in [3.63, 3.8) is 0 Å². The van der Waals surface area contributed by atoms with Crippen LogP contribution >= 0.6 is 0 Å². The van der Waals surface area contributed by atoms with E-state index in [0.29, 0.717) is 6.08 Å². The lowest BCUT2D eigenvalue weighted by Gasteiger charge is -1.98. The molecule has 0 rings (SSSR count). The summed E-state index contributed by atoms with van der Waals surface area (Å²) in [7, 11) is 0. The number of carbonyl (C=O) groups is 3. The van der Waals surface area contributed by atoms with E-state index in [1.54, 1.807) is 0 Å². The van der Waals surface area contributed by atoms with Gasteiger partial charge in [-0.05, 0) is 6.08 Å². The Balaban J connectivity index is 4.19. The second-order valence-electron chi connectivity index (χ2n) is 2.22. The topological polar surface area (TPSA) is 121 Å². The summed E-state index contributed by atoms with van der Waals surface area (Å²) in [6.45, 7) is -0.876. The first-order chi connectivity index (χ1) is 6.93. The van der Waals surface area contributed by atoms with Gasteiger partial charge in [-0.1, -0.05) is 6.08 Å². The Morgan fingerprint density at radius 2 is 1.73 bits per heavy atom. The highest BCUT2D eigenvalue weighted by molar-refractivity contribution is 5.88. The minimum Gasteiger partial charge on any atom is -0.502 e. The molecule has 0 saturated heterocycles. The third-order valence-corrected chi connectivity index (χ3v) is 1.03. The fourth-order valence-corrected chi connectivity index (χ4v) is 0.491. The standard InChI is InChI=1S/C8H8O7/c9-5(2-1-3-6(10)11)8(14)15-4-7(12)13/h1-3,9H,4H2,(H,10,11)(H,12,13). The van der Waals surface area contributed by atoms with Crippen LogP contribution in [0.4, 0.5) is 0 Å². The summed E-state index contributed by atoms with van der Waals surface area (Å²) >= 11 is 0. The monoisotopic (exact) mass is 216 g/mol. The number of carboxylic acid groups (broad SMARTS) is 2. The summed E-state index contributed by atoms with van der Waals surface area (Å²) in [6, 6.07) is 0. The Morgan fingerprint density at radius 1 is 1.13 bits per heavy atom. The molecule has 0 fully saturated rings. The van der Waals surface area contributed by atoms with Crippen LogP contribution in [0.2, 0.25) is 0 Å². The van der Waals surface area contributed by atoms with Crippen molar-refractivity contribution in [3.05, 3.63) is 24.0 Å². The van der Waals surface area contributed by atoms with Crippen LogP contribution in [-0.4, -0.2) is 39.8 Å².